The summed E-state index contributed by atoms with van der Waals surface area (Å²) in [5.41, 5.74) is 0. The predicted molar refractivity (Wildman–Crippen MR) is 50.3 cm³/mol. The van der Waals surface area contributed by atoms with Gasteiger partial charge in [-0.05, 0) is 27.7 Å². The third kappa shape index (κ3) is 15600. The molecule has 0 spiro atoms. The van der Waals surface area contributed by atoms with E-state index in [1.807, 2.05) is 0 Å². The average molecular weight is 203 g/mol. The van der Waals surface area contributed by atoms with Crippen LogP contribution < -0.4 is 0 Å². The van der Waals surface area contributed by atoms with Crippen LogP contribution in [0.15, 0.2) is 0 Å². The minimum atomic E-state index is -0.167. The van der Waals surface area contributed by atoms with Crippen LogP contribution in [-0.4, -0.2) is 22.3 Å². The molecule has 0 rings (SSSR count). The first-order valence-electron chi connectivity index (χ1n) is 3.15. The van der Waals surface area contributed by atoms with Crippen molar-refractivity contribution in [3.8, 4) is 0 Å². The zero-order valence-corrected chi connectivity index (χ0v) is 8.91. The molecule has 4 heteroatoms. The lowest BCUT2D eigenvalue weighted by atomic mass is 10.5. The van der Waals surface area contributed by atoms with Gasteiger partial charge in [0, 0.05) is 6.10 Å². The van der Waals surface area contributed by atoms with Crippen molar-refractivity contribution in [3.63, 3.8) is 0 Å². The second-order valence-electron chi connectivity index (χ2n) is 2.10. The summed E-state index contributed by atoms with van der Waals surface area (Å²) >= 11 is 9.53. The number of halogens is 2. The van der Waals surface area contributed by atoms with E-state index in [1.165, 1.54) is 13.8 Å². The topological polar surface area (TPSA) is 37.3 Å². The summed E-state index contributed by atoms with van der Waals surface area (Å²) in [7, 11) is 0. The lowest BCUT2D eigenvalue weighted by molar-refractivity contribution is -0.114. The fraction of sp³-hybridized carbons (Fsp3) is 0.857. The number of carbonyl (C=O) groups is 1. The smallest absolute Gasteiger partial charge is 0.126 e. The van der Waals surface area contributed by atoms with E-state index in [4.69, 9.17) is 28.3 Å². The van der Waals surface area contributed by atoms with Crippen LogP contribution in [0.25, 0.3) is 0 Å². The Morgan fingerprint density at radius 1 is 1.36 bits per heavy atom. The zero-order valence-electron chi connectivity index (χ0n) is 7.40. The quantitative estimate of drug-likeness (QED) is 0.614. The summed E-state index contributed by atoms with van der Waals surface area (Å²) < 4.78 is 0. The molecule has 0 saturated carbocycles. The van der Waals surface area contributed by atoms with Crippen LogP contribution in [0.4, 0.5) is 0 Å². The van der Waals surface area contributed by atoms with E-state index in [0.717, 1.165) is 0 Å². The highest BCUT2D eigenvalue weighted by atomic mass is 35.5. The largest absolute Gasteiger partial charge is 0.394 e. The van der Waals surface area contributed by atoms with Crippen molar-refractivity contribution in [2.45, 2.75) is 33.8 Å². The molecule has 0 bridgehead atoms. The lowest BCUT2D eigenvalue weighted by Crippen LogP contribution is -1.85. The van der Waals surface area contributed by atoms with Gasteiger partial charge in [0.25, 0.3) is 0 Å². The first-order valence-corrected chi connectivity index (χ1v) is 4.22. The number of Topliss-reactive ketones (excluding diaryl/α,β-unsaturated/α-hetero) is 1. The number of hydrogen-bond donors (Lipinski definition) is 1. The third-order valence-corrected chi connectivity index (χ3v) is 0. The maximum Gasteiger partial charge on any atom is 0.126 e. The van der Waals surface area contributed by atoms with Gasteiger partial charge in [-0.1, -0.05) is 0 Å². The Morgan fingerprint density at radius 2 is 1.36 bits per heavy atom. The molecule has 0 unspecified atom stereocenters. The van der Waals surface area contributed by atoms with Crippen LogP contribution in [0.3, 0.4) is 0 Å². The van der Waals surface area contributed by atoms with Crippen molar-refractivity contribution in [3.05, 3.63) is 0 Å². The molecule has 0 radical (unpaired) electrons. The molecule has 0 aliphatic rings. The first-order chi connectivity index (χ1) is 4.88. The van der Waals surface area contributed by atoms with Gasteiger partial charge in [-0.25, -0.2) is 0 Å². The van der Waals surface area contributed by atoms with E-state index in [-0.39, 0.29) is 17.2 Å². The summed E-state index contributed by atoms with van der Waals surface area (Å²) in [6.45, 7) is 6.50. The Hall–Kier alpha value is 0.210. The molecule has 0 heterocycles. The Balaban J connectivity index is -0.0000000886. The molecule has 0 aromatic rings. The number of aliphatic hydroxyl groups excluding tert-OH is 1. The number of carbonyl (C=O) groups excluding carboxylic acids is 1. The van der Waals surface area contributed by atoms with E-state index in [9.17, 15) is 4.79 Å². The maximum atomic E-state index is 9.44. The maximum absolute atomic E-state index is 9.44. The third-order valence-electron chi connectivity index (χ3n) is 0. The van der Waals surface area contributed by atoms with Crippen molar-refractivity contribution in [2.75, 3.05) is 5.34 Å². The van der Waals surface area contributed by atoms with Crippen LogP contribution in [0, 0.1) is 0 Å². The normalized spacial score (nSPS) is 7.27. The summed E-state index contributed by atoms with van der Waals surface area (Å²) in [5.74, 6) is 0.167. The van der Waals surface area contributed by atoms with Crippen molar-refractivity contribution in [1.82, 2.24) is 0 Å². The van der Waals surface area contributed by atoms with E-state index in [1.54, 1.807) is 13.8 Å². The zero-order chi connectivity index (χ0) is 9.86. The lowest BCUT2D eigenvalue weighted by Gasteiger charge is -1.80. The second-order valence-corrected chi connectivity index (χ2v) is 2.91. The minimum absolute atomic E-state index is 0.167. The van der Waals surface area contributed by atoms with Gasteiger partial charge in [-0.2, -0.15) is 0 Å². The Bertz CT molecular complexity index is 68.1. The van der Waals surface area contributed by atoms with Crippen LogP contribution in [0.2, 0.25) is 0 Å². The molecular formula is C7H16Cl2O2. The molecule has 70 valence electrons. The average Bonchev–Trinajstić information content (AvgIpc) is 1.60. The van der Waals surface area contributed by atoms with Crippen LogP contribution in [0.1, 0.15) is 27.7 Å². The molecule has 1 N–H and O–H groups in total. The number of hydrogen-bond acceptors (Lipinski definition) is 2. The molecule has 0 aromatic carbocycles. The monoisotopic (exact) mass is 202 g/mol. The van der Waals surface area contributed by atoms with Gasteiger partial charge < -0.3 is 9.90 Å². The number of ketones is 1. The van der Waals surface area contributed by atoms with E-state index in [0.29, 0.717) is 0 Å². The molecule has 0 atom stereocenters. The number of alkyl halides is 2. The fourth-order valence-corrected chi connectivity index (χ4v) is 0. The molecule has 0 aliphatic heterocycles. The highest BCUT2D eigenvalue weighted by Crippen LogP contribution is 1.73. The SMILES string of the molecule is CC(C)=O.CC(C)O.ClCCl. The van der Waals surface area contributed by atoms with Gasteiger partial charge in [-0.15, -0.1) is 23.2 Å². The van der Waals surface area contributed by atoms with Gasteiger partial charge in [0.05, 0.1) is 5.34 Å². The molecule has 0 amide bonds. The van der Waals surface area contributed by atoms with Crippen molar-refractivity contribution in [2.24, 2.45) is 0 Å². The Labute approximate surface area is 78.5 Å². The summed E-state index contributed by atoms with van der Waals surface area (Å²) in [6.07, 6.45) is -0.167. The number of rotatable bonds is 0. The van der Waals surface area contributed by atoms with Crippen LogP contribution >= 0.6 is 23.2 Å². The first kappa shape index (κ1) is 17.3. The van der Waals surface area contributed by atoms with Crippen molar-refractivity contribution >= 4 is 29.0 Å². The van der Waals surface area contributed by atoms with E-state index < -0.39 is 0 Å². The number of aliphatic hydroxyl groups is 1. The van der Waals surface area contributed by atoms with Gasteiger partial charge in [0.15, 0.2) is 0 Å². The Kier molecular flexibility index (Phi) is 26.3. The molecule has 2 nitrogen and oxygen atoms in total. The minimum Gasteiger partial charge on any atom is -0.394 e. The predicted octanol–water partition coefficient (Wildman–Crippen LogP) is 2.40. The molecule has 11 heavy (non-hydrogen) atoms. The van der Waals surface area contributed by atoms with Crippen LogP contribution in [0.5, 0.6) is 0 Å². The van der Waals surface area contributed by atoms with Gasteiger partial charge in [-0.3, -0.25) is 0 Å². The summed E-state index contributed by atoms with van der Waals surface area (Å²) in [6, 6.07) is 0. The Morgan fingerprint density at radius 3 is 1.36 bits per heavy atom. The highest BCUT2D eigenvalue weighted by molar-refractivity contribution is 6.40. The van der Waals surface area contributed by atoms with E-state index in [2.05, 4.69) is 0 Å². The van der Waals surface area contributed by atoms with Crippen molar-refractivity contribution in [1.29, 1.82) is 0 Å². The molecule has 0 aromatic heterocycles. The van der Waals surface area contributed by atoms with Gasteiger partial charge in [0.1, 0.15) is 5.78 Å². The molecule has 0 aliphatic carbocycles. The van der Waals surface area contributed by atoms with E-state index >= 15 is 0 Å². The summed E-state index contributed by atoms with van der Waals surface area (Å²) in [4.78, 5) is 9.44. The van der Waals surface area contributed by atoms with Crippen LogP contribution in [-0.2, 0) is 4.79 Å². The molecule has 0 saturated heterocycles. The second kappa shape index (κ2) is 16.7. The molecular weight excluding hydrogens is 187 g/mol. The highest BCUT2D eigenvalue weighted by Gasteiger charge is 1.69. The van der Waals surface area contributed by atoms with Gasteiger partial charge >= 0.3 is 0 Å². The summed E-state index contributed by atoms with van der Waals surface area (Å²) in [5, 5.41) is 8.25. The standard InChI is InChI=1S/C3H8O.C3H6O.CH2Cl2/c2*1-3(2)4;2-1-3/h3-4H,1-2H3;1-2H3;1H2. The fourth-order valence-electron chi connectivity index (χ4n) is 0. The van der Waals surface area contributed by atoms with Crippen molar-refractivity contribution < 1.29 is 9.90 Å². The molecule has 0 fully saturated rings. The van der Waals surface area contributed by atoms with Gasteiger partial charge in [0.2, 0.25) is 0 Å².